The quantitative estimate of drug-likeness (QED) is 0.589. The van der Waals surface area contributed by atoms with E-state index in [2.05, 4.69) is 33.9 Å². The summed E-state index contributed by atoms with van der Waals surface area (Å²) in [5, 5.41) is 0. The first-order valence-corrected chi connectivity index (χ1v) is 4.50. The third-order valence-electron chi connectivity index (χ3n) is 1.29. The average Bonchev–Trinajstić information content (AvgIpc) is 1.98. The zero-order chi connectivity index (χ0) is 10.3. The molecule has 0 aromatic rings. The van der Waals surface area contributed by atoms with Crippen LogP contribution in [0, 0.1) is 5.41 Å². The van der Waals surface area contributed by atoms with E-state index in [1.807, 2.05) is 12.2 Å². The van der Waals surface area contributed by atoms with E-state index >= 15 is 0 Å². The summed E-state index contributed by atoms with van der Waals surface area (Å²) >= 11 is 0. The van der Waals surface area contributed by atoms with Crippen LogP contribution in [0.25, 0.3) is 0 Å². The molecule has 0 bridgehead atoms. The molecule has 0 aliphatic rings. The smallest absolute Gasteiger partial charge is 0.0711 e. The van der Waals surface area contributed by atoms with Gasteiger partial charge in [-0.15, -0.1) is 0 Å². The molecule has 0 rings (SSSR count). The van der Waals surface area contributed by atoms with Crippen molar-refractivity contribution in [3.05, 3.63) is 37.0 Å². The third-order valence-corrected chi connectivity index (χ3v) is 1.29. The Hall–Kier alpha value is -0.820. The van der Waals surface area contributed by atoms with Gasteiger partial charge >= 0.3 is 0 Å². The molecule has 0 aliphatic heterocycles. The number of ether oxygens (including phenoxy) is 1. The molecule has 0 aliphatic carbocycles. The van der Waals surface area contributed by atoms with Crippen LogP contribution in [0.3, 0.4) is 0 Å². The molecular formula is C12H20O. The summed E-state index contributed by atoms with van der Waals surface area (Å²) in [4.78, 5) is 0. The van der Waals surface area contributed by atoms with Gasteiger partial charge in [-0.3, -0.25) is 0 Å². The van der Waals surface area contributed by atoms with Gasteiger partial charge in [-0.05, 0) is 11.0 Å². The number of rotatable bonds is 5. The fraction of sp³-hybridized carbons (Fsp3) is 0.500. The van der Waals surface area contributed by atoms with Crippen molar-refractivity contribution in [1.82, 2.24) is 0 Å². The Morgan fingerprint density at radius 1 is 1.38 bits per heavy atom. The van der Waals surface area contributed by atoms with Crippen LogP contribution >= 0.6 is 0 Å². The lowest BCUT2D eigenvalue weighted by atomic mass is 9.99. The molecule has 0 radical (unpaired) electrons. The molecule has 1 heteroatoms. The second kappa shape index (κ2) is 5.76. The summed E-state index contributed by atoms with van der Waals surface area (Å²) in [5.74, 6) is 0. The van der Waals surface area contributed by atoms with Gasteiger partial charge in [-0.2, -0.15) is 0 Å². The zero-order valence-electron chi connectivity index (χ0n) is 8.97. The lowest BCUT2D eigenvalue weighted by Crippen LogP contribution is -2.15. The molecule has 0 heterocycles. The van der Waals surface area contributed by atoms with Gasteiger partial charge in [-0.1, -0.05) is 52.2 Å². The van der Waals surface area contributed by atoms with Crippen molar-refractivity contribution >= 4 is 0 Å². The van der Waals surface area contributed by atoms with Crippen LogP contribution in [-0.2, 0) is 4.74 Å². The van der Waals surface area contributed by atoms with E-state index in [1.165, 1.54) is 0 Å². The van der Waals surface area contributed by atoms with Crippen molar-refractivity contribution in [2.45, 2.75) is 20.8 Å². The minimum atomic E-state index is 0.225. The summed E-state index contributed by atoms with van der Waals surface area (Å²) in [6, 6.07) is 0. The number of allylic oxidation sites excluding steroid dienone is 2. The summed E-state index contributed by atoms with van der Waals surface area (Å²) < 4.78 is 5.47. The molecule has 1 nitrogen and oxygen atoms in total. The minimum Gasteiger partial charge on any atom is -0.376 e. The van der Waals surface area contributed by atoms with Crippen LogP contribution in [0.4, 0.5) is 0 Å². The molecular weight excluding hydrogens is 160 g/mol. The van der Waals surface area contributed by atoms with E-state index in [0.717, 1.165) is 12.2 Å². The highest BCUT2D eigenvalue weighted by atomic mass is 16.5. The normalized spacial score (nSPS) is 11.9. The Morgan fingerprint density at radius 2 is 2.00 bits per heavy atom. The maximum absolute atomic E-state index is 5.47. The van der Waals surface area contributed by atoms with Gasteiger partial charge in [0.2, 0.25) is 0 Å². The van der Waals surface area contributed by atoms with Gasteiger partial charge in [0.15, 0.2) is 0 Å². The van der Waals surface area contributed by atoms with E-state index in [1.54, 1.807) is 6.08 Å². The number of hydrogen-bond acceptors (Lipinski definition) is 1. The average molecular weight is 180 g/mol. The van der Waals surface area contributed by atoms with Gasteiger partial charge < -0.3 is 4.74 Å². The Morgan fingerprint density at radius 3 is 2.46 bits per heavy atom. The van der Waals surface area contributed by atoms with Crippen LogP contribution in [-0.4, -0.2) is 13.2 Å². The van der Waals surface area contributed by atoms with Crippen molar-refractivity contribution in [2.24, 2.45) is 5.41 Å². The molecule has 74 valence electrons. The first kappa shape index (κ1) is 12.2. The van der Waals surface area contributed by atoms with E-state index in [9.17, 15) is 0 Å². The van der Waals surface area contributed by atoms with Crippen LogP contribution in [0.1, 0.15) is 20.8 Å². The Balaban J connectivity index is 3.60. The van der Waals surface area contributed by atoms with Crippen LogP contribution < -0.4 is 0 Å². The second-order valence-corrected chi connectivity index (χ2v) is 4.31. The van der Waals surface area contributed by atoms with E-state index < -0.39 is 0 Å². The van der Waals surface area contributed by atoms with Gasteiger partial charge in [0.1, 0.15) is 0 Å². The molecule has 0 aromatic heterocycles. The fourth-order valence-corrected chi connectivity index (χ4v) is 0.741. The molecule has 0 spiro atoms. The van der Waals surface area contributed by atoms with Crippen LogP contribution in [0.2, 0.25) is 0 Å². The summed E-state index contributed by atoms with van der Waals surface area (Å²) in [5.41, 5.74) is 1.20. The summed E-state index contributed by atoms with van der Waals surface area (Å²) in [6.07, 6.45) is 5.51. The molecule has 0 N–H and O–H groups in total. The van der Waals surface area contributed by atoms with E-state index in [-0.39, 0.29) is 5.41 Å². The molecule has 0 saturated carbocycles. The molecule has 13 heavy (non-hydrogen) atoms. The predicted molar refractivity (Wildman–Crippen MR) is 58.8 cm³/mol. The Labute approximate surface area is 81.8 Å². The Bertz CT molecular complexity index is 194. The van der Waals surface area contributed by atoms with Crippen molar-refractivity contribution in [2.75, 3.05) is 13.2 Å². The standard InChI is InChI=1S/C12H20O/c1-6-7-8-11(2)9-13-10-12(3,4)5/h6-8H,1-2,9-10H2,3-5H3/b8-7-. The highest BCUT2D eigenvalue weighted by Crippen LogP contribution is 2.13. The summed E-state index contributed by atoms with van der Waals surface area (Å²) in [6.45, 7) is 15.2. The van der Waals surface area contributed by atoms with E-state index in [0.29, 0.717) is 6.61 Å². The van der Waals surface area contributed by atoms with Gasteiger partial charge in [0.05, 0.1) is 13.2 Å². The molecule has 0 fully saturated rings. The van der Waals surface area contributed by atoms with Crippen molar-refractivity contribution < 1.29 is 4.74 Å². The van der Waals surface area contributed by atoms with Crippen LogP contribution in [0.5, 0.6) is 0 Å². The van der Waals surface area contributed by atoms with Crippen molar-refractivity contribution in [3.8, 4) is 0 Å². The predicted octanol–water partition coefficient (Wildman–Crippen LogP) is 3.35. The largest absolute Gasteiger partial charge is 0.376 e. The lowest BCUT2D eigenvalue weighted by Gasteiger charge is -2.17. The van der Waals surface area contributed by atoms with Gasteiger partial charge in [0.25, 0.3) is 0 Å². The maximum Gasteiger partial charge on any atom is 0.0711 e. The van der Waals surface area contributed by atoms with Crippen molar-refractivity contribution in [1.29, 1.82) is 0 Å². The fourth-order valence-electron chi connectivity index (χ4n) is 0.741. The monoisotopic (exact) mass is 180 g/mol. The molecule has 0 amide bonds. The SMILES string of the molecule is C=C/C=C\C(=C)COCC(C)(C)C. The van der Waals surface area contributed by atoms with Crippen LogP contribution in [0.15, 0.2) is 37.0 Å². The lowest BCUT2D eigenvalue weighted by molar-refractivity contribution is 0.0881. The molecule has 0 saturated heterocycles. The molecule has 0 atom stereocenters. The van der Waals surface area contributed by atoms with Crippen molar-refractivity contribution in [3.63, 3.8) is 0 Å². The highest BCUT2D eigenvalue weighted by molar-refractivity contribution is 5.18. The first-order valence-electron chi connectivity index (χ1n) is 4.50. The topological polar surface area (TPSA) is 9.23 Å². The first-order chi connectivity index (χ1) is 5.95. The second-order valence-electron chi connectivity index (χ2n) is 4.31. The summed E-state index contributed by atoms with van der Waals surface area (Å²) in [7, 11) is 0. The molecule has 0 aromatic carbocycles. The van der Waals surface area contributed by atoms with Gasteiger partial charge in [-0.25, -0.2) is 0 Å². The maximum atomic E-state index is 5.47. The Kier molecular flexibility index (Phi) is 5.40. The number of hydrogen-bond donors (Lipinski definition) is 0. The minimum absolute atomic E-state index is 0.225. The van der Waals surface area contributed by atoms with E-state index in [4.69, 9.17) is 4.74 Å². The van der Waals surface area contributed by atoms with Gasteiger partial charge in [0, 0.05) is 0 Å². The zero-order valence-corrected chi connectivity index (χ0v) is 8.97. The third kappa shape index (κ3) is 9.09. The molecule has 0 unspecified atom stereocenters. The highest BCUT2D eigenvalue weighted by Gasteiger charge is 2.09.